The third kappa shape index (κ3) is 12.0. The molecule has 0 aromatic carbocycles. The Hall–Kier alpha value is -3.22. The van der Waals surface area contributed by atoms with Gasteiger partial charge in [-0.3, -0.25) is 9.48 Å². The van der Waals surface area contributed by atoms with Crippen molar-refractivity contribution in [2.75, 3.05) is 12.8 Å². The highest BCUT2D eigenvalue weighted by atomic mass is 32.2. The lowest BCUT2D eigenvalue weighted by Crippen LogP contribution is -2.40. The Balaban J connectivity index is 1.60. The molecule has 13 heteroatoms. The van der Waals surface area contributed by atoms with Crippen LogP contribution < -0.4 is 10.6 Å². The average Bonchev–Trinajstić information content (AvgIpc) is 3.30. The number of carboxylic acid groups (broad SMARTS) is 1. The molecule has 1 atom stereocenters. The van der Waals surface area contributed by atoms with Gasteiger partial charge < -0.3 is 20.5 Å². The molecule has 2 aromatic rings. The van der Waals surface area contributed by atoms with Crippen molar-refractivity contribution in [2.45, 2.75) is 89.1 Å². The normalized spacial score (nSPS) is 12.1. The molecule has 3 N–H and O–H groups in total. The molecule has 2 amide bonds. The highest BCUT2D eigenvalue weighted by Crippen LogP contribution is 2.16. The van der Waals surface area contributed by atoms with Gasteiger partial charge in [-0.05, 0) is 59.1 Å². The third-order valence-electron chi connectivity index (χ3n) is 5.16. The number of aromatic nitrogens is 5. The monoisotopic (exact) mass is 535 g/mol. The van der Waals surface area contributed by atoms with Crippen LogP contribution in [0.5, 0.6) is 0 Å². The summed E-state index contributed by atoms with van der Waals surface area (Å²) < 4.78 is 6.89. The number of unbranched alkanes of at least 4 members (excludes halogenated alkanes) is 3. The number of nitrogens with zero attached hydrogens (tertiary/aromatic N) is 5. The first kappa shape index (κ1) is 30.0. The van der Waals surface area contributed by atoms with E-state index in [9.17, 15) is 19.5 Å². The molecule has 204 valence electrons. The second-order valence-electron chi connectivity index (χ2n) is 9.52. The molecule has 2 aromatic heterocycles. The van der Waals surface area contributed by atoms with E-state index >= 15 is 0 Å². The maximum absolute atomic E-state index is 12.2. The number of carboxylic acids is 1. The zero-order valence-electron chi connectivity index (χ0n) is 21.9. The van der Waals surface area contributed by atoms with Crippen LogP contribution in [0.25, 0.3) is 11.3 Å². The molecule has 12 nitrogen and oxygen atoms in total. The number of carbonyl (C=O) groups excluding carboxylic acids is 2. The zero-order valence-corrected chi connectivity index (χ0v) is 22.7. The van der Waals surface area contributed by atoms with Crippen LogP contribution in [0.15, 0.2) is 23.7 Å². The second-order valence-corrected chi connectivity index (χ2v) is 10.3. The summed E-state index contributed by atoms with van der Waals surface area (Å²) in [5.74, 6) is -1.35. The van der Waals surface area contributed by atoms with Crippen molar-refractivity contribution in [3.8, 4) is 11.3 Å². The standard InChI is InChI=1S/C24H37N7O5S/c1-24(2,3)36-23(35)25-12-8-7-10-18(21(33)34)28-20(32)11-6-5-9-13-31-16-19(29-30-31)17-14-26-22(37-4)27-15-17/h14-16,18H,5-13H2,1-4H3,(H,25,35)(H,28,32)(H,33,34)/t18-/m0/s1. The number of amides is 2. The average molecular weight is 536 g/mol. The van der Waals surface area contributed by atoms with E-state index in [1.165, 1.54) is 11.8 Å². The number of rotatable bonds is 15. The van der Waals surface area contributed by atoms with E-state index < -0.39 is 23.7 Å². The SMILES string of the molecule is CSc1ncc(-c2cn(CCCCCC(=O)N[C@@H](CCCCNC(=O)OC(C)(C)C)C(=O)O)nn2)cn1. The van der Waals surface area contributed by atoms with Crippen LogP contribution in [0.2, 0.25) is 0 Å². The molecule has 0 radical (unpaired) electrons. The molecule has 2 heterocycles. The minimum Gasteiger partial charge on any atom is -0.480 e. The van der Waals surface area contributed by atoms with Gasteiger partial charge in [-0.1, -0.05) is 23.4 Å². The first-order valence-corrected chi connectivity index (χ1v) is 13.6. The van der Waals surface area contributed by atoms with Crippen LogP contribution in [-0.2, 0) is 20.9 Å². The van der Waals surface area contributed by atoms with Gasteiger partial charge in [-0.25, -0.2) is 19.6 Å². The minimum absolute atomic E-state index is 0.256. The molecular weight excluding hydrogens is 498 g/mol. The van der Waals surface area contributed by atoms with E-state index in [1.54, 1.807) is 37.8 Å². The Bertz CT molecular complexity index is 1010. The van der Waals surface area contributed by atoms with Gasteiger partial charge in [-0.15, -0.1) is 5.10 Å². The Morgan fingerprint density at radius 1 is 1.11 bits per heavy atom. The van der Waals surface area contributed by atoms with Crippen LogP contribution in [-0.4, -0.2) is 72.5 Å². The van der Waals surface area contributed by atoms with Crippen molar-refractivity contribution in [3.63, 3.8) is 0 Å². The Labute approximate surface area is 221 Å². The topological polar surface area (TPSA) is 161 Å². The van der Waals surface area contributed by atoms with Gasteiger partial charge in [0, 0.05) is 37.5 Å². The van der Waals surface area contributed by atoms with E-state index in [2.05, 4.69) is 30.9 Å². The smallest absolute Gasteiger partial charge is 0.407 e. The fourth-order valence-electron chi connectivity index (χ4n) is 3.33. The van der Waals surface area contributed by atoms with Gasteiger partial charge >= 0.3 is 12.1 Å². The number of hydrogen-bond donors (Lipinski definition) is 3. The second kappa shape index (κ2) is 15.1. The van der Waals surface area contributed by atoms with Crippen molar-refractivity contribution < 1.29 is 24.2 Å². The molecular formula is C24H37N7O5S. The fourth-order valence-corrected chi connectivity index (χ4v) is 3.65. The lowest BCUT2D eigenvalue weighted by atomic mass is 10.1. The molecule has 0 fully saturated rings. The predicted molar refractivity (Wildman–Crippen MR) is 139 cm³/mol. The van der Waals surface area contributed by atoms with Crippen molar-refractivity contribution in [3.05, 3.63) is 18.6 Å². The molecule has 0 spiro atoms. The number of ether oxygens (including phenoxy) is 1. The first-order valence-electron chi connectivity index (χ1n) is 12.3. The zero-order chi connectivity index (χ0) is 27.3. The lowest BCUT2D eigenvalue weighted by molar-refractivity contribution is -0.142. The van der Waals surface area contributed by atoms with Crippen molar-refractivity contribution in [1.29, 1.82) is 0 Å². The largest absolute Gasteiger partial charge is 0.480 e. The fraction of sp³-hybridized carbons (Fsp3) is 0.625. The maximum atomic E-state index is 12.2. The quantitative estimate of drug-likeness (QED) is 0.175. The van der Waals surface area contributed by atoms with Crippen LogP contribution >= 0.6 is 11.8 Å². The Kier molecular flexibility index (Phi) is 12.3. The van der Waals surface area contributed by atoms with Gasteiger partial charge in [0.05, 0.1) is 6.20 Å². The molecule has 2 rings (SSSR count). The Morgan fingerprint density at radius 2 is 1.84 bits per heavy atom. The number of carbonyl (C=O) groups is 3. The van der Waals surface area contributed by atoms with Crippen LogP contribution in [0, 0.1) is 0 Å². The minimum atomic E-state index is -1.07. The molecule has 0 unspecified atom stereocenters. The number of thioether (sulfide) groups is 1. The van der Waals surface area contributed by atoms with Crippen LogP contribution in [0.3, 0.4) is 0 Å². The van der Waals surface area contributed by atoms with E-state index in [0.29, 0.717) is 43.2 Å². The molecule has 0 aliphatic carbocycles. The number of aryl methyl sites for hydroxylation is 1. The number of nitrogens with one attached hydrogen (secondary N) is 2. The van der Waals surface area contributed by atoms with Gasteiger partial charge in [0.2, 0.25) is 5.91 Å². The van der Waals surface area contributed by atoms with Crippen molar-refractivity contribution >= 4 is 29.7 Å². The summed E-state index contributed by atoms with van der Waals surface area (Å²) in [5.41, 5.74) is 0.930. The number of hydrogen-bond acceptors (Lipinski definition) is 9. The highest BCUT2D eigenvalue weighted by molar-refractivity contribution is 7.98. The maximum Gasteiger partial charge on any atom is 0.407 e. The van der Waals surface area contributed by atoms with Crippen molar-refractivity contribution in [1.82, 2.24) is 35.6 Å². The third-order valence-corrected chi connectivity index (χ3v) is 5.73. The number of aliphatic carboxylic acids is 1. The summed E-state index contributed by atoms with van der Waals surface area (Å²) in [7, 11) is 0. The van der Waals surface area contributed by atoms with Gasteiger partial charge in [-0.2, -0.15) is 0 Å². The summed E-state index contributed by atoms with van der Waals surface area (Å²) >= 11 is 1.47. The first-order chi connectivity index (χ1) is 17.6. The molecule has 0 aliphatic rings. The van der Waals surface area contributed by atoms with Gasteiger partial charge in [0.15, 0.2) is 5.16 Å². The predicted octanol–water partition coefficient (Wildman–Crippen LogP) is 3.28. The van der Waals surface area contributed by atoms with Crippen molar-refractivity contribution in [2.24, 2.45) is 0 Å². The van der Waals surface area contributed by atoms with E-state index in [4.69, 9.17) is 4.74 Å². The summed E-state index contributed by atoms with van der Waals surface area (Å²) in [4.78, 5) is 43.8. The van der Waals surface area contributed by atoms with Gasteiger partial charge in [0.25, 0.3) is 0 Å². The summed E-state index contributed by atoms with van der Waals surface area (Å²) in [5, 5.41) is 23.6. The summed E-state index contributed by atoms with van der Waals surface area (Å²) in [6.07, 6.45) is 10.6. The molecule has 0 saturated heterocycles. The van der Waals surface area contributed by atoms with E-state index in [0.717, 1.165) is 18.4 Å². The molecule has 0 saturated carbocycles. The Morgan fingerprint density at radius 3 is 2.49 bits per heavy atom. The molecule has 0 bridgehead atoms. The summed E-state index contributed by atoms with van der Waals surface area (Å²) in [6.45, 7) is 6.38. The summed E-state index contributed by atoms with van der Waals surface area (Å²) in [6, 6.07) is -0.948. The van der Waals surface area contributed by atoms with E-state index in [-0.39, 0.29) is 18.7 Å². The van der Waals surface area contributed by atoms with Gasteiger partial charge in [0.1, 0.15) is 17.3 Å². The molecule has 0 aliphatic heterocycles. The molecule has 37 heavy (non-hydrogen) atoms. The van der Waals surface area contributed by atoms with Crippen LogP contribution in [0.4, 0.5) is 4.79 Å². The lowest BCUT2D eigenvalue weighted by Gasteiger charge is -2.19. The van der Waals surface area contributed by atoms with Crippen LogP contribution in [0.1, 0.15) is 65.7 Å². The van der Waals surface area contributed by atoms with E-state index in [1.807, 2.05) is 12.5 Å². The number of alkyl carbamates (subject to hydrolysis) is 1. The highest BCUT2D eigenvalue weighted by Gasteiger charge is 2.19.